The summed E-state index contributed by atoms with van der Waals surface area (Å²) in [6.45, 7) is 6.26. The average molecular weight is 269 g/mol. The molecule has 0 aromatic rings. The Kier molecular flexibility index (Phi) is 6.07. The van der Waals surface area contributed by atoms with Crippen molar-refractivity contribution in [3.8, 4) is 0 Å². The molecule has 0 aromatic carbocycles. The SMILES string of the molecule is CN(CCC(=O)N1CCNCC1)CC1CCCCO1. The molecule has 19 heavy (non-hydrogen) atoms. The van der Waals surface area contributed by atoms with Crippen LogP contribution in [0.2, 0.25) is 0 Å². The summed E-state index contributed by atoms with van der Waals surface area (Å²) in [5.41, 5.74) is 0. The van der Waals surface area contributed by atoms with Gasteiger partial charge in [-0.05, 0) is 26.3 Å². The molecule has 1 N–H and O–H groups in total. The third kappa shape index (κ3) is 5.09. The maximum atomic E-state index is 12.0. The van der Waals surface area contributed by atoms with Crippen LogP contribution in [-0.2, 0) is 9.53 Å². The van der Waals surface area contributed by atoms with Crippen LogP contribution in [-0.4, -0.2) is 74.7 Å². The van der Waals surface area contributed by atoms with Gasteiger partial charge in [0.2, 0.25) is 5.91 Å². The van der Waals surface area contributed by atoms with Gasteiger partial charge < -0.3 is 19.9 Å². The van der Waals surface area contributed by atoms with Gasteiger partial charge >= 0.3 is 0 Å². The van der Waals surface area contributed by atoms with Crippen molar-refractivity contribution in [1.82, 2.24) is 15.1 Å². The van der Waals surface area contributed by atoms with E-state index in [4.69, 9.17) is 4.74 Å². The highest BCUT2D eigenvalue weighted by molar-refractivity contribution is 5.76. The van der Waals surface area contributed by atoms with Crippen LogP contribution in [0.4, 0.5) is 0 Å². The normalized spacial score (nSPS) is 24.7. The summed E-state index contributed by atoms with van der Waals surface area (Å²) in [5, 5.41) is 3.27. The molecule has 0 aromatic heterocycles. The minimum absolute atomic E-state index is 0.290. The molecule has 1 amide bonds. The number of rotatable bonds is 5. The number of nitrogens with zero attached hydrogens (tertiary/aromatic N) is 2. The van der Waals surface area contributed by atoms with Gasteiger partial charge in [-0.1, -0.05) is 0 Å². The van der Waals surface area contributed by atoms with Gasteiger partial charge in [-0.3, -0.25) is 4.79 Å². The van der Waals surface area contributed by atoms with E-state index in [1.807, 2.05) is 4.90 Å². The minimum Gasteiger partial charge on any atom is -0.377 e. The zero-order valence-electron chi connectivity index (χ0n) is 12.1. The zero-order chi connectivity index (χ0) is 13.5. The fourth-order valence-corrected chi connectivity index (χ4v) is 2.75. The van der Waals surface area contributed by atoms with Crippen molar-refractivity contribution in [2.24, 2.45) is 0 Å². The molecule has 0 saturated carbocycles. The predicted molar refractivity (Wildman–Crippen MR) is 75.2 cm³/mol. The molecule has 0 bridgehead atoms. The van der Waals surface area contributed by atoms with Crippen LogP contribution in [0, 0.1) is 0 Å². The topological polar surface area (TPSA) is 44.8 Å². The Morgan fingerprint density at radius 3 is 2.84 bits per heavy atom. The van der Waals surface area contributed by atoms with Gasteiger partial charge in [-0.25, -0.2) is 0 Å². The van der Waals surface area contributed by atoms with E-state index in [1.54, 1.807) is 0 Å². The van der Waals surface area contributed by atoms with Crippen LogP contribution in [0.25, 0.3) is 0 Å². The van der Waals surface area contributed by atoms with Crippen molar-refractivity contribution >= 4 is 5.91 Å². The molecule has 0 radical (unpaired) electrons. The molecule has 2 aliphatic heterocycles. The van der Waals surface area contributed by atoms with Gasteiger partial charge in [0.05, 0.1) is 6.10 Å². The molecule has 1 atom stereocenters. The first-order valence-electron chi connectivity index (χ1n) is 7.54. The Hall–Kier alpha value is -0.650. The van der Waals surface area contributed by atoms with Crippen LogP contribution >= 0.6 is 0 Å². The van der Waals surface area contributed by atoms with Crippen LogP contribution in [0.1, 0.15) is 25.7 Å². The van der Waals surface area contributed by atoms with Gasteiger partial charge in [0, 0.05) is 52.3 Å². The molecule has 110 valence electrons. The number of ether oxygens (including phenoxy) is 1. The molecule has 5 heteroatoms. The van der Waals surface area contributed by atoms with Crippen molar-refractivity contribution in [2.45, 2.75) is 31.8 Å². The summed E-state index contributed by atoms with van der Waals surface area (Å²) in [7, 11) is 2.09. The Morgan fingerprint density at radius 2 is 2.16 bits per heavy atom. The number of carbonyl (C=O) groups is 1. The lowest BCUT2D eigenvalue weighted by Gasteiger charge is -2.29. The summed E-state index contributed by atoms with van der Waals surface area (Å²) < 4.78 is 5.73. The number of piperazine rings is 1. The first-order chi connectivity index (χ1) is 9.25. The van der Waals surface area contributed by atoms with E-state index in [-0.39, 0.29) is 5.91 Å². The number of carbonyl (C=O) groups excluding carboxylic acids is 1. The summed E-state index contributed by atoms with van der Waals surface area (Å²) >= 11 is 0. The number of amides is 1. The largest absolute Gasteiger partial charge is 0.377 e. The molecule has 0 aliphatic carbocycles. The molecule has 2 saturated heterocycles. The Morgan fingerprint density at radius 1 is 1.37 bits per heavy atom. The molecular formula is C14H27N3O2. The number of hydrogen-bond donors (Lipinski definition) is 1. The number of nitrogens with one attached hydrogen (secondary N) is 1. The fraction of sp³-hybridized carbons (Fsp3) is 0.929. The lowest BCUT2D eigenvalue weighted by atomic mass is 10.1. The van der Waals surface area contributed by atoms with Crippen molar-refractivity contribution in [3.63, 3.8) is 0 Å². The van der Waals surface area contributed by atoms with Crippen molar-refractivity contribution in [1.29, 1.82) is 0 Å². The van der Waals surface area contributed by atoms with Crippen LogP contribution in [0.3, 0.4) is 0 Å². The molecule has 0 spiro atoms. The summed E-state index contributed by atoms with van der Waals surface area (Å²) in [5.74, 6) is 0.290. The fourth-order valence-electron chi connectivity index (χ4n) is 2.75. The van der Waals surface area contributed by atoms with Crippen LogP contribution < -0.4 is 5.32 Å². The van der Waals surface area contributed by atoms with Gasteiger partial charge in [-0.2, -0.15) is 0 Å². The number of hydrogen-bond acceptors (Lipinski definition) is 4. The highest BCUT2D eigenvalue weighted by Gasteiger charge is 2.18. The second kappa shape index (κ2) is 7.82. The molecule has 5 nitrogen and oxygen atoms in total. The van der Waals surface area contributed by atoms with E-state index in [0.29, 0.717) is 12.5 Å². The van der Waals surface area contributed by atoms with Gasteiger partial charge in [0.15, 0.2) is 0 Å². The zero-order valence-corrected chi connectivity index (χ0v) is 12.1. The van der Waals surface area contributed by atoms with Gasteiger partial charge in [-0.15, -0.1) is 0 Å². The van der Waals surface area contributed by atoms with E-state index >= 15 is 0 Å². The third-order valence-electron chi connectivity index (χ3n) is 3.97. The van der Waals surface area contributed by atoms with E-state index in [9.17, 15) is 4.79 Å². The van der Waals surface area contributed by atoms with Gasteiger partial charge in [0.1, 0.15) is 0 Å². The van der Waals surface area contributed by atoms with Crippen molar-refractivity contribution in [2.75, 3.05) is 52.9 Å². The van der Waals surface area contributed by atoms with E-state index in [2.05, 4.69) is 17.3 Å². The Labute approximate surface area is 116 Å². The summed E-state index contributed by atoms with van der Waals surface area (Å²) in [4.78, 5) is 16.2. The average Bonchev–Trinajstić information content (AvgIpc) is 2.47. The molecular weight excluding hydrogens is 242 g/mol. The molecule has 2 rings (SSSR count). The molecule has 2 aliphatic rings. The first-order valence-corrected chi connectivity index (χ1v) is 7.54. The third-order valence-corrected chi connectivity index (χ3v) is 3.97. The molecule has 2 fully saturated rings. The van der Waals surface area contributed by atoms with Crippen LogP contribution in [0.15, 0.2) is 0 Å². The molecule has 1 unspecified atom stereocenters. The van der Waals surface area contributed by atoms with Crippen LogP contribution in [0.5, 0.6) is 0 Å². The first kappa shape index (κ1) is 14.8. The van der Waals surface area contributed by atoms with Crippen molar-refractivity contribution < 1.29 is 9.53 Å². The number of likely N-dealkylation sites (N-methyl/N-ethyl adjacent to an activating group) is 1. The maximum Gasteiger partial charge on any atom is 0.223 e. The molecule has 2 heterocycles. The highest BCUT2D eigenvalue weighted by atomic mass is 16.5. The van der Waals surface area contributed by atoms with Crippen molar-refractivity contribution in [3.05, 3.63) is 0 Å². The predicted octanol–water partition coefficient (Wildman–Crippen LogP) is 0.309. The summed E-state index contributed by atoms with van der Waals surface area (Å²) in [6, 6.07) is 0. The van der Waals surface area contributed by atoms with Gasteiger partial charge in [0.25, 0.3) is 0 Å². The quantitative estimate of drug-likeness (QED) is 0.780. The lowest BCUT2D eigenvalue weighted by Crippen LogP contribution is -2.47. The minimum atomic E-state index is 0.290. The van der Waals surface area contributed by atoms with E-state index in [0.717, 1.165) is 52.3 Å². The Bertz CT molecular complexity index is 274. The second-order valence-corrected chi connectivity index (χ2v) is 5.63. The maximum absolute atomic E-state index is 12.0. The summed E-state index contributed by atoms with van der Waals surface area (Å²) in [6.07, 6.45) is 4.63. The monoisotopic (exact) mass is 269 g/mol. The second-order valence-electron chi connectivity index (χ2n) is 5.63. The van der Waals surface area contributed by atoms with E-state index < -0.39 is 0 Å². The van der Waals surface area contributed by atoms with E-state index in [1.165, 1.54) is 12.8 Å². The standard InChI is InChI=1S/C14H27N3O2/c1-16(12-13-4-2-3-11-19-13)8-5-14(18)17-9-6-15-7-10-17/h13,15H,2-12H2,1H3. The Balaban J connectivity index is 1.61. The highest BCUT2D eigenvalue weighted by Crippen LogP contribution is 2.13. The smallest absolute Gasteiger partial charge is 0.223 e. The lowest BCUT2D eigenvalue weighted by molar-refractivity contribution is -0.132.